The molecule has 7 unspecified atom stereocenters. The van der Waals surface area contributed by atoms with Crippen LogP contribution < -0.4 is 0 Å². The van der Waals surface area contributed by atoms with Gasteiger partial charge in [-0.15, -0.1) is 0 Å². The lowest BCUT2D eigenvalue weighted by Crippen LogP contribution is -2.30. The Morgan fingerprint density at radius 2 is 1.79 bits per heavy atom. The Labute approximate surface area is 113 Å². The van der Waals surface area contributed by atoms with Gasteiger partial charge in [-0.3, -0.25) is 4.79 Å². The van der Waals surface area contributed by atoms with Crippen molar-refractivity contribution in [3.8, 4) is 0 Å². The van der Waals surface area contributed by atoms with Crippen LogP contribution in [0.5, 0.6) is 0 Å². The maximum absolute atomic E-state index is 12.1. The molecule has 0 radical (unpaired) electrons. The molecule has 2 aliphatic carbocycles. The van der Waals surface area contributed by atoms with E-state index in [0.717, 1.165) is 32.1 Å². The molecule has 0 aromatic carbocycles. The number of carbonyl (C=O) groups excluding carboxylic acids is 1. The van der Waals surface area contributed by atoms with Gasteiger partial charge in [0, 0.05) is 0 Å². The van der Waals surface area contributed by atoms with Gasteiger partial charge in [0.2, 0.25) is 0 Å². The predicted molar refractivity (Wildman–Crippen MR) is 67.5 cm³/mol. The summed E-state index contributed by atoms with van der Waals surface area (Å²) in [6.07, 6.45) is 6.80. The second-order valence-electron chi connectivity index (χ2n) is 6.77. The molecule has 4 rings (SSSR count). The van der Waals surface area contributed by atoms with Crippen LogP contribution in [0.25, 0.3) is 0 Å². The minimum atomic E-state index is -0.0000104. The molecule has 2 saturated heterocycles. The van der Waals surface area contributed by atoms with Gasteiger partial charge in [0.1, 0.15) is 0 Å². The van der Waals surface area contributed by atoms with Crippen LogP contribution in [0.15, 0.2) is 0 Å². The second kappa shape index (κ2) is 4.45. The molecule has 4 fully saturated rings. The fourth-order valence-electron chi connectivity index (χ4n) is 3.84. The topological polar surface area (TPSA) is 51.4 Å². The lowest BCUT2D eigenvalue weighted by atomic mass is 9.81. The monoisotopic (exact) mass is 266 g/mol. The Balaban J connectivity index is 1.26. The van der Waals surface area contributed by atoms with E-state index in [0.29, 0.717) is 42.9 Å². The number of fused-ring (bicyclic) bond motifs is 2. The van der Waals surface area contributed by atoms with E-state index >= 15 is 0 Å². The van der Waals surface area contributed by atoms with E-state index in [-0.39, 0.29) is 11.9 Å². The zero-order valence-corrected chi connectivity index (χ0v) is 11.4. The second-order valence-corrected chi connectivity index (χ2v) is 6.77. The van der Waals surface area contributed by atoms with Crippen molar-refractivity contribution in [2.45, 2.75) is 63.4 Å². The Hall–Kier alpha value is -0.610. The van der Waals surface area contributed by atoms with Gasteiger partial charge in [-0.25, -0.2) is 0 Å². The van der Waals surface area contributed by atoms with Crippen molar-refractivity contribution in [1.82, 2.24) is 0 Å². The van der Waals surface area contributed by atoms with Crippen molar-refractivity contribution < 1.29 is 19.0 Å². The lowest BCUT2D eigenvalue weighted by molar-refractivity contribution is -0.151. The van der Waals surface area contributed by atoms with E-state index in [4.69, 9.17) is 14.2 Å². The number of epoxide rings is 2. The van der Waals surface area contributed by atoms with E-state index in [9.17, 15) is 4.79 Å². The third-order valence-electron chi connectivity index (χ3n) is 5.41. The maximum Gasteiger partial charge on any atom is 0.309 e. The van der Waals surface area contributed by atoms with Crippen molar-refractivity contribution in [2.75, 3.05) is 6.61 Å². The van der Waals surface area contributed by atoms with Crippen molar-refractivity contribution in [3.05, 3.63) is 0 Å². The number of esters is 1. The minimum Gasteiger partial charge on any atom is -0.465 e. The first-order chi connectivity index (χ1) is 9.20. The molecule has 106 valence electrons. The SMILES string of the molecule is CC1CC2OC2CC1COC(=O)C1CCC2OC2C1. The number of ether oxygens (including phenoxy) is 3. The predicted octanol–water partition coefficient (Wildman–Crippen LogP) is 1.91. The van der Waals surface area contributed by atoms with Crippen LogP contribution in [0, 0.1) is 17.8 Å². The van der Waals surface area contributed by atoms with Crippen LogP contribution in [0.2, 0.25) is 0 Å². The first kappa shape index (κ1) is 12.2. The van der Waals surface area contributed by atoms with E-state index in [2.05, 4.69) is 6.92 Å². The van der Waals surface area contributed by atoms with E-state index in [1.54, 1.807) is 0 Å². The molecule has 0 bridgehead atoms. The van der Waals surface area contributed by atoms with Crippen LogP contribution in [-0.2, 0) is 19.0 Å². The molecule has 0 spiro atoms. The van der Waals surface area contributed by atoms with Gasteiger partial charge in [-0.05, 0) is 43.9 Å². The third-order valence-corrected chi connectivity index (χ3v) is 5.41. The Bertz CT molecular complexity index is 382. The summed E-state index contributed by atoms with van der Waals surface area (Å²) in [6.45, 7) is 2.83. The van der Waals surface area contributed by atoms with Crippen LogP contribution >= 0.6 is 0 Å². The number of hydrogen-bond acceptors (Lipinski definition) is 4. The fourth-order valence-corrected chi connectivity index (χ4v) is 3.84. The van der Waals surface area contributed by atoms with Gasteiger partial charge >= 0.3 is 5.97 Å². The first-order valence-electron chi connectivity index (χ1n) is 7.68. The average Bonchev–Trinajstić information content (AvgIpc) is 3.28. The summed E-state index contributed by atoms with van der Waals surface area (Å²) in [5, 5.41) is 0. The molecular formula is C15H22O4. The molecule has 2 saturated carbocycles. The lowest BCUT2D eigenvalue weighted by Gasteiger charge is -2.27. The highest BCUT2D eigenvalue weighted by molar-refractivity contribution is 5.72. The summed E-state index contributed by atoms with van der Waals surface area (Å²) < 4.78 is 16.6. The molecule has 4 aliphatic rings. The van der Waals surface area contributed by atoms with Crippen molar-refractivity contribution >= 4 is 5.97 Å². The minimum absolute atomic E-state index is 0.0000104. The number of carbonyl (C=O) groups is 1. The summed E-state index contributed by atoms with van der Waals surface area (Å²) in [5.41, 5.74) is 0. The summed E-state index contributed by atoms with van der Waals surface area (Å²) >= 11 is 0. The highest BCUT2D eigenvalue weighted by Gasteiger charge is 2.48. The Kier molecular flexibility index (Phi) is 2.85. The van der Waals surface area contributed by atoms with Crippen LogP contribution in [-0.4, -0.2) is 37.0 Å². The quantitative estimate of drug-likeness (QED) is 0.578. The van der Waals surface area contributed by atoms with Crippen LogP contribution in [0.1, 0.15) is 39.0 Å². The molecule has 2 aliphatic heterocycles. The molecule has 7 atom stereocenters. The molecule has 0 aromatic heterocycles. The molecule has 0 aromatic rings. The highest BCUT2D eigenvalue weighted by atomic mass is 16.6. The van der Waals surface area contributed by atoms with Gasteiger partial charge in [0.15, 0.2) is 0 Å². The van der Waals surface area contributed by atoms with Crippen molar-refractivity contribution in [1.29, 1.82) is 0 Å². The molecule has 0 amide bonds. The largest absolute Gasteiger partial charge is 0.465 e. The first-order valence-corrected chi connectivity index (χ1v) is 7.68. The molecular weight excluding hydrogens is 244 g/mol. The van der Waals surface area contributed by atoms with E-state index < -0.39 is 0 Å². The highest BCUT2D eigenvalue weighted by Crippen LogP contribution is 2.43. The van der Waals surface area contributed by atoms with Crippen LogP contribution in [0.4, 0.5) is 0 Å². The zero-order chi connectivity index (χ0) is 13.0. The number of hydrogen-bond donors (Lipinski definition) is 0. The molecule has 4 heteroatoms. The van der Waals surface area contributed by atoms with Crippen LogP contribution in [0.3, 0.4) is 0 Å². The normalized spacial score (nSPS) is 50.9. The van der Waals surface area contributed by atoms with Gasteiger partial charge < -0.3 is 14.2 Å². The smallest absolute Gasteiger partial charge is 0.309 e. The number of rotatable bonds is 3. The van der Waals surface area contributed by atoms with Gasteiger partial charge in [0.05, 0.1) is 36.9 Å². The molecule has 4 nitrogen and oxygen atoms in total. The molecule has 2 heterocycles. The summed E-state index contributed by atoms with van der Waals surface area (Å²) in [4.78, 5) is 12.1. The summed E-state index contributed by atoms with van der Waals surface area (Å²) in [6, 6.07) is 0. The third kappa shape index (κ3) is 2.40. The summed E-state index contributed by atoms with van der Waals surface area (Å²) in [7, 11) is 0. The van der Waals surface area contributed by atoms with E-state index in [1.165, 1.54) is 0 Å². The summed E-state index contributed by atoms with van der Waals surface area (Å²) in [5.74, 6) is 1.17. The van der Waals surface area contributed by atoms with E-state index in [1.807, 2.05) is 0 Å². The van der Waals surface area contributed by atoms with Crippen molar-refractivity contribution in [3.63, 3.8) is 0 Å². The Morgan fingerprint density at radius 1 is 1.05 bits per heavy atom. The fraction of sp³-hybridized carbons (Fsp3) is 0.933. The van der Waals surface area contributed by atoms with Gasteiger partial charge in [-0.2, -0.15) is 0 Å². The Morgan fingerprint density at radius 3 is 2.63 bits per heavy atom. The average molecular weight is 266 g/mol. The van der Waals surface area contributed by atoms with Crippen molar-refractivity contribution in [2.24, 2.45) is 17.8 Å². The van der Waals surface area contributed by atoms with Gasteiger partial charge in [-0.1, -0.05) is 6.92 Å². The zero-order valence-electron chi connectivity index (χ0n) is 11.4. The molecule has 0 N–H and O–H groups in total. The maximum atomic E-state index is 12.1. The van der Waals surface area contributed by atoms with Gasteiger partial charge in [0.25, 0.3) is 0 Å². The standard InChI is InChI=1S/C15H22O4/c1-8-4-12-14(19-12)6-10(8)7-17-15(16)9-2-3-11-13(5-9)18-11/h8-14H,2-7H2,1H3. The molecule has 19 heavy (non-hydrogen) atoms.